The highest BCUT2D eigenvalue weighted by atomic mass is 16.5. The summed E-state index contributed by atoms with van der Waals surface area (Å²) < 4.78 is 5.16. The van der Waals surface area contributed by atoms with Crippen molar-refractivity contribution in [2.24, 2.45) is 0 Å². The Bertz CT molecular complexity index is 668. The molecule has 23 heavy (non-hydrogen) atoms. The molecule has 0 unspecified atom stereocenters. The first-order valence-electron chi connectivity index (χ1n) is 8.11. The average Bonchev–Trinajstić information content (AvgIpc) is 2.97. The molecule has 6 heteroatoms. The van der Waals surface area contributed by atoms with Crippen molar-refractivity contribution in [2.45, 2.75) is 39.2 Å². The number of nitrogens with zero attached hydrogens (tertiary/aromatic N) is 3. The minimum absolute atomic E-state index is 0.0894. The molecule has 0 radical (unpaired) electrons. The van der Waals surface area contributed by atoms with Gasteiger partial charge in [-0.25, -0.2) is 4.98 Å². The summed E-state index contributed by atoms with van der Waals surface area (Å²) in [6, 6.07) is 6.01. The first-order chi connectivity index (χ1) is 11.2. The standard InChI is InChI=1S/C17H22N4O2/c1-3-14-16(12(2)23-20-14)17(22)19-13-7-6-10-21(11-13)15-8-4-5-9-18-15/h4-5,8-9,13H,3,6-7,10-11H2,1-2H3,(H,19,22)/t13-/m1/s1. The van der Waals surface area contributed by atoms with Crippen molar-refractivity contribution in [1.29, 1.82) is 0 Å². The zero-order valence-corrected chi connectivity index (χ0v) is 13.6. The zero-order chi connectivity index (χ0) is 16.2. The van der Waals surface area contributed by atoms with Crippen molar-refractivity contribution in [2.75, 3.05) is 18.0 Å². The number of pyridine rings is 1. The van der Waals surface area contributed by atoms with Gasteiger partial charge in [-0.3, -0.25) is 4.79 Å². The fourth-order valence-electron chi connectivity index (χ4n) is 3.05. The van der Waals surface area contributed by atoms with Crippen LogP contribution in [0.5, 0.6) is 0 Å². The highest BCUT2D eigenvalue weighted by Crippen LogP contribution is 2.19. The number of aryl methyl sites for hydroxylation is 2. The molecule has 1 saturated heterocycles. The molecule has 0 spiro atoms. The maximum atomic E-state index is 12.6. The lowest BCUT2D eigenvalue weighted by Gasteiger charge is -2.33. The molecule has 1 amide bonds. The number of hydrogen-bond donors (Lipinski definition) is 1. The Morgan fingerprint density at radius 2 is 2.35 bits per heavy atom. The first-order valence-corrected chi connectivity index (χ1v) is 8.11. The van der Waals surface area contributed by atoms with E-state index >= 15 is 0 Å². The van der Waals surface area contributed by atoms with Crippen LogP contribution in [0.3, 0.4) is 0 Å². The van der Waals surface area contributed by atoms with Gasteiger partial charge in [0.1, 0.15) is 17.1 Å². The Hall–Kier alpha value is -2.37. The van der Waals surface area contributed by atoms with Crippen LogP contribution < -0.4 is 10.2 Å². The smallest absolute Gasteiger partial charge is 0.257 e. The monoisotopic (exact) mass is 314 g/mol. The van der Waals surface area contributed by atoms with Gasteiger partial charge in [0, 0.05) is 25.3 Å². The number of nitrogens with one attached hydrogen (secondary N) is 1. The molecule has 0 bridgehead atoms. The van der Waals surface area contributed by atoms with E-state index in [1.165, 1.54) is 0 Å². The summed E-state index contributed by atoms with van der Waals surface area (Å²) in [4.78, 5) is 19.2. The molecule has 2 aromatic rings. The van der Waals surface area contributed by atoms with Crippen LogP contribution in [0.15, 0.2) is 28.9 Å². The topological polar surface area (TPSA) is 71.3 Å². The Balaban J connectivity index is 1.68. The van der Waals surface area contributed by atoms with Crippen LogP contribution in [0.2, 0.25) is 0 Å². The molecular formula is C17H22N4O2. The van der Waals surface area contributed by atoms with Crippen LogP contribution in [-0.2, 0) is 6.42 Å². The number of rotatable bonds is 4. The molecule has 3 rings (SSSR count). The number of carbonyl (C=O) groups excluding carboxylic acids is 1. The number of hydrogen-bond acceptors (Lipinski definition) is 5. The summed E-state index contributed by atoms with van der Waals surface area (Å²) in [7, 11) is 0. The predicted molar refractivity (Wildman–Crippen MR) is 87.6 cm³/mol. The second-order valence-corrected chi connectivity index (χ2v) is 5.86. The molecule has 1 N–H and O–H groups in total. The van der Waals surface area contributed by atoms with E-state index in [-0.39, 0.29) is 11.9 Å². The number of aromatic nitrogens is 2. The fraction of sp³-hybridized carbons (Fsp3) is 0.471. The Kier molecular flexibility index (Phi) is 4.60. The van der Waals surface area contributed by atoms with Crippen LogP contribution in [0.25, 0.3) is 0 Å². The fourth-order valence-corrected chi connectivity index (χ4v) is 3.05. The number of carbonyl (C=O) groups is 1. The van der Waals surface area contributed by atoms with E-state index < -0.39 is 0 Å². The van der Waals surface area contributed by atoms with E-state index in [0.717, 1.165) is 37.4 Å². The molecule has 0 aliphatic carbocycles. The minimum atomic E-state index is -0.0894. The van der Waals surface area contributed by atoms with E-state index in [9.17, 15) is 4.79 Å². The maximum absolute atomic E-state index is 12.6. The third-order valence-electron chi connectivity index (χ3n) is 4.23. The molecule has 1 fully saturated rings. The highest BCUT2D eigenvalue weighted by molar-refractivity contribution is 5.96. The SMILES string of the molecule is CCc1noc(C)c1C(=O)N[C@@H]1CCCN(c2ccccn2)C1. The summed E-state index contributed by atoms with van der Waals surface area (Å²) in [5.41, 5.74) is 1.31. The number of piperidine rings is 1. The van der Waals surface area contributed by atoms with Gasteiger partial charge in [0.2, 0.25) is 0 Å². The number of anilines is 1. The predicted octanol–water partition coefficient (Wildman–Crippen LogP) is 2.34. The van der Waals surface area contributed by atoms with Gasteiger partial charge in [-0.1, -0.05) is 18.1 Å². The molecule has 3 heterocycles. The van der Waals surface area contributed by atoms with Crippen molar-refractivity contribution in [3.05, 3.63) is 41.4 Å². The lowest BCUT2D eigenvalue weighted by Crippen LogP contribution is -2.48. The molecule has 1 atom stereocenters. The first kappa shape index (κ1) is 15.5. The molecule has 1 aliphatic rings. The molecule has 0 aromatic carbocycles. The van der Waals surface area contributed by atoms with Crippen molar-refractivity contribution in [3.63, 3.8) is 0 Å². The summed E-state index contributed by atoms with van der Waals surface area (Å²) in [6.07, 6.45) is 4.49. The lowest BCUT2D eigenvalue weighted by molar-refractivity contribution is 0.0931. The van der Waals surface area contributed by atoms with Crippen molar-refractivity contribution in [3.8, 4) is 0 Å². The molecule has 6 nitrogen and oxygen atoms in total. The van der Waals surface area contributed by atoms with Crippen molar-refractivity contribution in [1.82, 2.24) is 15.5 Å². The minimum Gasteiger partial charge on any atom is -0.361 e. The normalized spacial score (nSPS) is 18.0. The van der Waals surface area contributed by atoms with Crippen LogP contribution >= 0.6 is 0 Å². The van der Waals surface area contributed by atoms with Crippen molar-refractivity contribution < 1.29 is 9.32 Å². The summed E-state index contributed by atoms with van der Waals surface area (Å²) in [5, 5.41) is 7.08. The van der Waals surface area contributed by atoms with Gasteiger partial charge in [0.05, 0.1) is 5.69 Å². The van der Waals surface area contributed by atoms with Crippen LogP contribution in [-0.4, -0.2) is 35.2 Å². The Morgan fingerprint density at radius 1 is 1.48 bits per heavy atom. The largest absolute Gasteiger partial charge is 0.361 e. The Morgan fingerprint density at radius 3 is 3.09 bits per heavy atom. The van der Waals surface area contributed by atoms with Gasteiger partial charge in [-0.15, -0.1) is 0 Å². The van der Waals surface area contributed by atoms with Crippen LogP contribution in [0.4, 0.5) is 5.82 Å². The third-order valence-corrected chi connectivity index (χ3v) is 4.23. The van der Waals surface area contributed by atoms with Gasteiger partial charge in [0.25, 0.3) is 5.91 Å². The Labute approximate surface area is 135 Å². The van der Waals surface area contributed by atoms with E-state index in [1.54, 1.807) is 13.1 Å². The summed E-state index contributed by atoms with van der Waals surface area (Å²) >= 11 is 0. The lowest BCUT2D eigenvalue weighted by atomic mass is 10.0. The quantitative estimate of drug-likeness (QED) is 0.938. The number of amides is 1. The summed E-state index contributed by atoms with van der Waals surface area (Å²) in [6.45, 7) is 5.49. The third kappa shape index (κ3) is 3.36. The zero-order valence-electron chi connectivity index (χ0n) is 13.6. The van der Waals surface area contributed by atoms with Crippen molar-refractivity contribution >= 4 is 11.7 Å². The summed E-state index contributed by atoms with van der Waals surface area (Å²) in [5.74, 6) is 1.45. The van der Waals surface area contributed by atoms with Crippen LogP contribution in [0, 0.1) is 6.92 Å². The van der Waals surface area contributed by atoms with Gasteiger partial charge in [0.15, 0.2) is 0 Å². The van der Waals surface area contributed by atoms with Crippen LogP contribution in [0.1, 0.15) is 41.6 Å². The molecule has 2 aromatic heterocycles. The maximum Gasteiger partial charge on any atom is 0.257 e. The average molecular weight is 314 g/mol. The second-order valence-electron chi connectivity index (χ2n) is 5.86. The molecule has 1 aliphatic heterocycles. The van der Waals surface area contributed by atoms with E-state index in [2.05, 4.69) is 20.4 Å². The van der Waals surface area contributed by atoms with E-state index in [4.69, 9.17) is 4.52 Å². The molecule has 0 saturated carbocycles. The van der Waals surface area contributed by atoms with Gasteiger partial charge < -0.3 is 14.7 Å². The second kappa shape index (κ2) is 6.81. The van der Waals surface area contributed by atoms with E-state index in [0.29, 0.717) is 17.7 Å². The molecule has 122 valence electrons. The molecular weight excluding hydrogens is 292 g/mol. The van der Waals surface area contributed by atoms with Gasteiger partial charge >= 0.3 is 0 Å². The van der Waals surface area contributed by atoms with Gasteiger partial charge in [-0.05, 0) is 38.3 Å². The van der Waals surface area contributed by atoms with E-state index in [1.807, 2.05) is 25.1 Å². The highest BCUT2D eigenvalue weighted by Gasteiger charge is 2.25. The van der Waals surface area contributed by atoms with Gasteiger partial charge in [-0.2, -0.15) is 0 Å².